The van der Waals surface area contributed by atoms with E-state index in [1.165, 1.54) is 44.3 Å². The van der Waals surface area contributed by atoms with Gasteiger partial charge in [-0.2, -0.15) is 0 Å². The molecule has 0 N–H and O–H groups in total. The average molecular weight is 244 g/mol. The smallest absolute Gasteiger partial charge is 0.0233 e. The van der Waals surface area contributed by atoms with Crippen LogP contribution in [-0.4, -0.2) is 42.0 Å². The summed E-state index contributed by atoms with van der Waals surface area (Å²) in [6.07, 6.45) is 5.56. The SMILES string of the molecule is CN(C1CC1)C1CCN(Cc2ccccc2)CC1. The lowest BCUT2D eigenvalue weighted by molar-refractivity contribution is 0.119. The van der Waals surface area contributed by atoms with Gasteiger partial charge in [-0.05, 0) is 51.4 Å². The molecule has 0 unspecified atom stereocenters. The van der Waals surface area contributed by atoms with Crippen LogP contribution in [0.3, 0.4) is 0 Å². The summed E-state index contributed by atoms with van der Waals surface area (Å²) in [5.41, 5.74) is 1.45. The Balaban J connectivity index is 1.48. The number of rotatable bonds is 4. The Hall–Kier alpha value is -0.860. The minimum Gasteiger partial charge on any atom is -0.300 e. The third-order valence-corrected chi connectivity index (χ3v) is 4.50. The van der Waals surface area contributed by atoms with Gasteiger partial charge >= 0.3 is 0 Å². The molecule has 2 nitrogen and oxygen atoms in total. The first kappa shape index (κ1) is 12.2. The van der Waals surface area contributed by atoms with E-state index in [1.54, 1.807) is 0 Å². The van der Waals surface area contributed by atoms with Crippen molar-refractivity contribution in [3.8, 4) is 0 Å². The standard InChI is InChI=1S/C16H24N2/c1-17(15-7-8-15)16-9-11-18(12-10-16)13-14-5-3-2-4-6-14/h2-6,15-16H,7-13H2,1H3. The van der Waals surface area contributed by atoms with Gasteiger partial charge in [0.25, 0.3) is 0 Å². The second-order valence-corrected chi connectivity index (χ2v) is 5.89. The summed E-state index contributed by atoms with van der Waals surface area (Å²) in [5.74, 6) is 0. The van der Waals surface area contributed by atoms with Crippen LogP contribution in [-0.2, 0) is 6.54 Å². The highest BCUT2D eigenvalue weighted by molar-refractivity contribution is 5.14. The fourth-order valence-corrected chi connectivity index (χ4v) is 3.11. The molecule has 0 radical (unpaired) electrons. The third-order valence-electron chi connectivity index (χ3n) is 4.50. The molecule has 0 aromatic heterocycles. The zero-order chi connectivity index (χ0) is 12.4. The predicted octanol–water partition coefficient (Wildman–Crippen LogP) is 2.75. The Morgan fingerprint density at radius 2 is 1.61 bits per heavy atom. The van der Waals surface area contributed by atoms with Gasteiger partial charge in [-0.1, -0.05) is 30.3 Å². The number of likely N-dealkylation sites (tertiary alicyclic amines) is 1. The summed E-state index contributed by atoms with van der Waals surface area (Å²) in [7, 11) is 2.33. The van der Waals surface area contributed by atoms with E-state index in [4.69, 9.17) is 0 Å². The highest BCUT2D eigenvalue weighted by atomic mass is 15.2. The maximum Gasteiger partial charge on any atom is 0.0233 e. The van der Waals surface area contributed by atoms with Gasteiger partial charge in [-0.15, -0.1) is 0 Å². The van der Waals surface area contributed by atoms with Crippen LogP contribution in [0.15, 0.2) is 30.3 Å². The van der Waals surface area contributed by atoms with E-state index in [0.29, 0.717) is 0 Å². The van der Waals surface area contributed by atoms with Crippen LogP contribution in [0.5, 0.6) is 0 Å². The Kier molecular flexibility index (Phi) is 3.67. The summed E-state index contributed by atoms with van der Waals surface area (Å²) >= 11 is 0. The van der Waals surface area contributed by atoms with Crippen molar-refractivity contribution in [3.63, 3.8) is 0 Å². The van der Waals surface area contributed by atoms with Crippen LogP contribution in [0.1, 0.15) is 31.2 Å². The molecule has 0 atom stereocenters. The second-order valence-electron chi connectivity index (χ2n) is 5.89. The van der Waals surface area contributed by atoms with Crippen molar-refractivity contribution in [3.05, 3.63) is 35.9 Å². The summed E-state index contributed by atoms with van der Waals surface area (Å²) in [6.45, 7) is 3.65. The van der Waals surface area contributed by atoms with Crippen LogP contribution in [0.2, 0.25) is 0 Å². The fourth-order valence-electron chi connectivity index (χ4n) is 3.11. The lowest BCUT2D eigenvalue weighted by atomic mass is 10.0. The summed E-state index contributed by atoms with van der Waals surface area (Å²) in [5, 5.41) is 0. The van der Waals surface area contributed by atoms with Gasteiger partial charge in [-0.25, -0.2) is 0 Å². The zero-order valence-electron chi connectivity index (χ0n) is 11.4. The van der Waals surface area contributed by atoms with Crippen molar-refractivity contribution in [2.75, 3.05) is 20.1 Å². The van der Waals surface area contributed by atoms with Crippen molar-refractivity contribution < 1.29 is 0 Å². The molecule has 1 aromatic carbocycles. The molecule has 98 valence electrons. The molecule has 1 saturated carbocycles. The van der Waals surface area contributed by atoms with Crippen LogP contribution in [0.25, 0.3) is 0 Å². The van der Waals surface area contributed by atoms with E-state index < -0.39 is 0 Å². The quantitative estimate of drug-likeness (QED) is 0.803. The maximum absolute atomic E-state index is 2.64. The van der Waals surface area contributed by atoms with E-state index in [9.17, 15) is 0 Å². The summed E-state index contributed by atoms with van der Waals surface area (Å²) < 4.78 is 0. The van der Waals surface area contributed by atoms with Gasteiger partial charge in [0, 0.05) is 18.6 Å². The third kappa shape index (κ3) is 2.93. The van der Waals surface area contributed by atoms with E-state index in [0.717, 1.165) is 18.6 Å². The molecule has 1 aliphatic carbocycles. The number of hydrogen-bond donors (Lipinski definition) is 0. The Morgan fingerprint density at radius 3 is 2.22 bits per heavy atom. The van der Waals surface area contributed by atoms with Crippen LogP contribution >= 0.6 is 0 Å². The van der Waals surface area contributed by atoms with Crippen LogP contribution < -0.4 is 0 Å². The Labute approximate surface area is 111 Å². The first-order valence-corrected chi connectivity index (χ1v) is 7.31. The van der Waals surface area contributed by atoms with Crippen molar-refractivity contribution in [1.82, 2.24) is 9.80 Å². The topological polar surface area (TPSA) is 6.48 Å². The van der Waals surface area contributed by atoms with Crippen molar-refractivity contribution >= 4 is 0 Å². The molecular weight excluding hydrogens is 220 g/mol. The van der Waals surface area contributed by atoms with E-state index in [-0.39, 0.29) is 0 Å². The lowest BCUT2D eigenvalue weighted by Crippen LogP contribution is -2.43. The van der Waals surface area contributed by atoms with Crippen LogP contribution in [0.4, 0.5) is 0 Å². The molecule has 1 aliphatic heterocycles. The minimum absolute atomic E-state index is 0.838. The van der Waals surface area contributed by atoms with Gasteiger partial charge in [0.1, 0.15) is 0 Å². The monoisotopic (exact) mass is 244 g/mol. The molecule has 2 heteroatoms. The highest BCUT2D eigenvalue weighted by Crippen LogP contribution is 2.30. The number of piperidine rings is 1. The second kappa shape index (κ2) is 5.41. The van der Waals surface area contributed by atoms with E-state index in [1.807, 2.05) is 0 Å². The van der Waals surface area contributed by atoms with Crippen molar-refractivity contribution in [1.29, 1.82) is 0 Å². The lowest BCUT2D eigenvalue weighted by Gasteiger charge is -2.37. The number of nitrogens with zero attached hydrogens (tertiary/aromatic N) is 2. The normalized spacial score (nSPS) is 22.6. The molecule has 1 saturated heterocycles. The molecule has 1 heterocycles. The van der Waals surface area contributed by atoms with Crippen LogP contribution in [0, 0.1) is 0 Å². The zero-order valence-corrected chi connectivity index (χ0v) is 11.4. The fraction of sp³-hybridized carbons (Fsp3) is 0.625. The predicted molar refractivity (Wildman–Crippen MR) is 75.5 cm³/mol. The van der Waals surface area contributed by atoms with Crippen molar-refractivity contribution in [2.24, 2.45) is 0 Å². The van der Waals surface area contributed by atoms with Gasteiger partial charge in [0.2, 0.25) is 0 Å². The molecule has 0 amide bonds. The molecular formula is C16H24N2. The Bertz CT molecular complexity index is 364. The summed E-state index contributed by atoms with van der Waals surface area (Å²) in [4.78, 5) is 5.24. The van der Waals surface area contributed by atoms with E-state index >= 15 is 0 Å². The molecule has 2 aliphatic rings. The van der Waals surface area contributed by atoms with Gasteiger partial charge in [0.15, 0.2) is 0 Å². The first-order valence-electron chi connectivity index (χ1n) is 7.31. The molecule has 2 fully saturated rings. The molecule has 1 aromatic rings. The van der Waals surface area contributed by atoms with Gasteiger partial charge in [0.05, 0.1) is 0 Å². The largest absolute Gasteiger partial charge is 0.300 e. The minimum atomic E-state index is 0.838. The first-order chi connectivity index (χ1) is 8.83. The molecule has 3 rings (SSSR count). The molecule has 18 heavy (non-hydrogen) atoms. The molecule has 0 spiro atoms. The maximum atomic E-state index is 2.64. The number of benzene rings is 1. The summed E-state index contributed by atoms with van der Waals surface area (Å²) in [6, 6.07) is 12.6. The van der Waals surface area contributed by atoms with Gasteiger partial charge in [-0.3, -0.25) is 4.90 Å². The highest BCUT2D eigenvalue weighted by Gasteiger charge is 2.32. The van der Waals surface area contributed by atoms with E-state index in [2.05, 4.69) is 47.2 Å². The Morgan fingerprint density at radius 1 is 1.00 bits per heavy atom. The van der Waals surface area contributed by atoms with Crippen molar-refractivity contribution in [2.45, 2.75) is 44.3 Å². The average Bonchev–Trinajstić information content (AvgIpc) is 3.24. The number of hydrogen-bond acceptors (Lipinski definition) is 2. The molecule has 0 bridgehead atoms. The van der Waals surface area contributed by atoms with Gasteiger partial charge < -0.3 is 4.90 Å².